The maximum atomic E-state index is 12.8. The minimum atomic E-state index is -4.55. The third-order valence-electron chi connectivity index (χ3n) is 3.56. The summed E-state index contributed by atoms with van der Waals surface area (Å²) in [5, 5.41) is 6.19. The highest BCUT2D eigenvalue weighted by molar-refractivity contribution is 9.10. The number of hydrogen-bond donors (Lipinski definition) is 1. The van der Waals surface area contributed by atoms with Crippen molar-refractivity contribution in [2.75, 3.05) is 26.2 Å². The van der Waals surface area contributed by atoms with Crippen LogP contribution in [0.25, 0.3) is 0 Å². The molecular weight excluding hydrogens is 377 g/mol. The molecule has 0 aromatic carbocycles. The van der Waals surface area contributed by atoms with E-state index in [4.69, 9.17) is 0 Å². The molecule has 0 bridgehead atoms. The van der Waals surface area contributed by atoms with Crippen LogP contribution in [-0.2, 0) is 17.5 Å². The Bertz CT molecular complexity index is 527. The van der Waals surface area contributed by atoms with Gasteiger partial charge in [0.25, 0.3) is 0 Å². The Balaban J connectivity index is 2.52. The van der Waals surface area contributed by atoms with E-state index in [0.29, 0.717) is 6.54 Å². The van der Waals surface area contributed by atoms with Gasteiger partial charge in [0.15, 0.2) is 5.69 Å². The van der Waals surface area contributed by atoms with Gasteiger partial charge in [0.2, 0.25) is 5.91 Å². The summed E-state index contributed by atoms with van der Waals surface area (Å²) >= 11 is 2.88. The van der Waals surface area contributed by atoms with E-state index in [-0.39, 0.29) is 22.6 Å². The second-order valence-corrected chi connectivity index (χ2v) is 5.93. The zero-order valence-electron chi connectivity index (χ0n) is 13.5. The largest absolute Gasteiger partial charge is 0.436 e. The van der Waals surface area contributed by atoms with Crippen LogP contribution >= 0.6 is 15.9 Å². The molecule has 1 heterocycles. The fourth-order valence-corrected chi connectivity index (χ4v) is 2.63. The number of halogens is 4. The minimum Gasteiger partial charge on any atom is -0.354 e. The van der Waals surface area contributed by atoms with Crippen molar-refractivity contribution in [2.24, 2.45) is 0 Å². The molecule has 1 aromatic heterocycles. The lowest BCUT2D eigenvalue weighted by Crippen LogP contribution is -2.32. The van der Waals surface area contributed by atoms with E-state index in [2.05, 4.69) is 45.1 Å². The molecule has 1 rings (SSSR count). The summed E-state index contributed by atoms with van der Waals surface area (Å²) in [4.78, 5) is 14.1. The van der Waals surface area contributed by atoms with Gasteiger partial charge in [-0.1, -0.05) is 13.8 Å². The van der Waals surface area contributed by atoms with Crippen LogP contribution in [0.15, 0.2) is 4.47 Å². The highest BCUT2D eigenvalue weighted by atomic mass is 79.9. The van der Waals surface area contributed by atoms with E-state index in [1.807, 2.05) is 0 Å². The van der Waals surface area contributed by atoms with E-state index < -0.39 is 11.9 Å². The third-order valence-corrected chi connectivity index (χ3v) is 4.51. The second-order valence-electron chi connectivity index (χ2n) is 5.13. The molecule has 0 fully saturated rings. The Hall–Kier alpha value is -1.09. The molecule has 0 aliphatic carbocycles. The van der Waals surface area contributed by atoms with Gasteiger partial charge in [0.05, 0.1) is 10.2 Å². The standard InChI is InChI=1S/C14H22BrF3N4O/c1-4-21(5-2)8-6-7-19-11(23)9-22-10(3)12(15)13(20-22)14(16,17)18/h4-9H2,1-3H3,(H,19,23). The van der Waals surface area contributed by atoms with Crippen LogP contribution in [-0.4, -0.2) is 46.8 Å². The summed E-state index contributed by atoms with van der Waals surface area (Å²) in [6, 6.07) is 0. The van der Waals surface area contributed by atoms with E-state index in [0.717, 1.165) is 30.7 Å². The quantitative estimate of drug-likeness (QED) is 0.685. The summed E-state index contributed by atoms with van der Waals surface area (Å²) in [6.07, 6.45) is -3.75. The van der Waals surface area contributed by atoms with Crippen LogP contribution in [0.2, 0.25) is 0 Å². The number of aromatic nitrogens is 2. The van der Waals surface area contributed by atoms with Gasteiger partial charge in [0.1, 0.15) is 6.54 Å². The molecule has 5 nitrogen and oxygen atoms in total. The topological polar surface area (TPSA) is 50.2 Å². The Labute approximate surface area is 142 Å². The number of carbonyl (C=O) groups excluding carboxylic acids is 1. The molecule has 9 heteroatoms. The molecule has 1 N–H and O–H groups in total. The lowest BCUT2D eigenvalue weighted by atomic mass is 10.3. The number of hydrogen-bond acceptors (Lipinski definition) is 3. The van der Waals surface area contributed by atoms with E-state index in [9.17, 15) is 18.0 Å². The summed E-state index contributed by atoms with van der Waals surface area (Å²) in [5.41, 5.74) is -0.736. The Kier molecular flexibility index (Phi) is 7.53. The normalized spacial score (nSPS) is 12.0. The van der Waals surface area contributed by atoms with Gasteiger partial charge >= 0.3 is 6.18 Å². The van der Waals surface area contributed by atoms with E-state index in [1.165, 1.54) is 6.92 Å². The van der Waals surface area contributed by atoms with Crippen molar-refractivity contribution in [1.82, 2.24) is 20.0 Å². The average Bonchev–Trinajstić information content (AvgIpc) is 2.76. The molecule has 23 heavy (non-hydrogen) atoms. The van der Waals surface area contributed by atoms with Crippen molar-refractivity contribution in [3.8, 4) is 0 Å². The molecule has 0 aliphatic rings. The average molecular weight is 399 g/mol. The summed E-state index contributed by atoms with van der Waals surface area (Å²) in [6.45, 7) is 8.65. The minimum absolute atomic E-state index is 0.126. The lowest BCUT2D eigenvalue weighted by Gasteiger charge is -2.17. The molecule has 0 saturated carbocycles. The van der Waals surface area contributed by atoms with Crippen molar-refractivity contribution in [1.29, 1.82) is 0 Å². The van der Waals surface area contributed by atoms with Crippen LogP contribution in [0.5, 0.6) is 0 Å². The maximum Gasteiger partial charge on any atom is 0.436 e. The molecule has 1 amide bonds. The molecule has 0 saturated heterocycles. The van der Waals surface area contributed by atoms with Crippen molar-refractivity contribution in [3.05, 3.63) is 15.9 Å². The molecule has 0 radical (unpaired) electrons. The first-order valence-corrected chi connectivity index (χ1v) is 8.29. The Morgan fingerprint density at radius 1 is 1.35 bits per heavy atom. The number of carbonyl (C=O) groups is 1. The first kappa shape index (κ1) is 20.0. The van der Waals surface area contributed by atoms with Gasteiger partial charge in [-0.3, -0.25) is 9.48 Å². The maximum absolute atomic E-state index is 12.8. The van der Waals surface area contributed by atoms with Gasteiger partial charge in [-0.15, -0.1) is 0 Å². The van der Waals surface area contributed by atoms with E-state index >= 15 is 0 Å². The smallest absolute Gasteiger partial charge is 0.354 e. The summed E-state index contributed by atoms with van der Waals surface area (Å²) in [5.74, 6) is -0.351. The Morgan fingerprint density at radius 2 is 1.96 bits per heavy atom. The summed E-state index contributed by atoms with van der Waals surface area (Å²) in [7, 11) is 0. The van der Waals surface area contributed by atoms with Gasteiger partial charge in [0, 0.05) is 6.54 Å². The Morgan fingerprint density at radius 3 is 2.43 bits per heavy atom. The molecule has 132 valence electrons. The predicted octanol–water partition coefficient (Wildman–Crippen LogP) is 2.82. The lowest BCUT2D eigenvalue weighted by molar-refractivity contribution is -0.142. The van der Waals surface area contributed by atoms with Gasteiger partial charge in [-0.25, -0.2) is 0 Å². The van der Waals surface area contributed by atoms with E-state index in [1.54, 1.807) is 0 Å². The van der Waals surface area contributed by atoms with Crippen molar-refractivity contribution in [3.63, 3.8) is 0 Å². The molecule has 0 aliphatic heterocycles. The van der Waals surface area contributed by atoms with Gasteiger partial charge < -0.3 is 10.2 Å². The van der Waals surface area contributed by atoms with Crippen molar-refractivity contribution >= 4 is 21.8 Å². The monoisotopic (exact) mass is 398 g/mol. The zero-order chi connectivity index (χ0) is 17.6. The van der Waals surface area contributed by atoms with Gasteiger partial charge in [-0.05, 0) is 48.9 Å². The van der Waals surface area contributed by atoms with Crippen LogP contribution in [0.3, 0.4) is 0 Å². The molecule has 0 unspecified atom stereocenters. The number of nitrogens with zero attached hydrogens (tertiary/aromatic N) is 3. The van der Waals surface area contributed by atoms with Crippen molar-refractivity contribution < 1.29 is 18.0 Å². The highest BCUT2D eigenvalue weighted by Crippen LogP contribution is 2.35. The van der Waals surface area contributed by atoms with Crippen LogP contribution in [0.4, 0.5) is 13.2 Å². The number of alkyl halides is 3. The zero-order valence-corrected chi connectivity index (χ0v) is 15.1. The molecule has 0 atom stereocenters. The van der Waals surface area contributed by atoms with Gasteiger partial charge in [-0.2, -0.15) is 18.3 Å². The number of amides is 1. The predicted molar refractivity (Wildman–Crippen MR) is 85.1 cm³/mol. The SMILES string of the molecule is CCN(CC)CCCNC(=O)Cn1nc(C(F)(F)F)c(Br)c1C. The molecule has 0 spiro atoms. The van der Waals surface area contributed by atoms with Crippen LogP contribution in [0, 0.1) is 6.92 Å². The molecular formula is C14H22BrF3N4O. The first-order chi connectivity index (χ1) is 10.7. The third kappa shape index (κ3) is 5.80. The summed E-state index contributed by atoms with van der Waals surface area (Å²) < 4.78 is 39.2. The van der Waals surface area contributed by atoms with Crippen LogP contribution in [0.1, 0.15) is 31.7 Å². The second kappa shape index (κ2) is 8.68. The van der Waals surface area contributed by atoms with Crippen molar-refractivity contribution in [2.45, 2.75) is 39.9 Å². The number of rotatable bonds is 8. The highest BCUT2D eigenvalue weighted by Gasteiger charge is 2.38. The fourth-order valence-electron chi connectivity index (χ4n) is 2.12. The fraction of sp³-hybridized carbons (Fsp3) is 0.714. The van der Waals surface area contributed by atoms with Crippen LogP contribution < -0.4 is 5.32 Å². The number of nitrogens with one attached hydrogen (secondary N) is 1. The first-order valence-electron chi connectivity index (χ1n) is 7.49. The molecule has 1 aromatic rings.